The third-order valence-electron chi connectivity index (χ3n) is 12.3. The quantitative estimate of drug-likeness (QED) is 0.0486. The maximum Gasteiger partial charge on any atom is 0.123 e. The van der Waals surface area contributed by atoms with Gasteiger partial charge in [0.2, 0.25) is 0 Å². The van der Waals surface area contributed by atoms with Gasteiger partial charge < -0.3 is 94.7 Å². The van der Waals surface area contributed by atoms with Gasteiger partial charge in [0.25, 0.3) is 0 Å². The number of unbranched alkanes of at least 4 members (excludes halogenated alkanes) is 8. The molecule has 0 saturated heterocycles. The van der Waals surface area contributed by atoms with Crippen molar-refractivity contribution in [3.8, 4) is 34.5 Å². The Hall–Kier alpha value is -4.10. The second-order valence-electron chi connectivity index (χ2n) is 20.1. The smallest absolute Gasteiger partial charge is 0.123 e. The molecule has 3 aromatic carbocycles. The molecule has 0 aromatic heterocycles. The van der Waals surface area contributed by atoms with Gasteiger partial charge in [0.15, 0.2) is 0 Å². The summed E-state index contributed by atoms with van der Waals surface area (Å²) in [5.74, 6) is 4.57. The highest BCUT2D eigenvalue weighted by atomic mass is 16.6. The first-order valence-electron chi connectivity index (χ1n) is 33.7. The number of hydrogen-bond donors (Lipinski definition) is 0. The summed E-state index contributed by atoms with van der Waals surface area (Å²) < 4.78 is 110. The predicted molar refractivity (Wildman–Crippen MR) is 353 cm³/mol. The van der Waals surface area contributed by atoms with Gasteiger partial charge >= 0.3 is 0 Å². The Labute approximate surface area is 543 Å². The van der Waals surface area contributed by atoms with Gasteiger partial charge in [-0.05, 0) is 75.9 Å². The Morgan fingerprint density at radius 1 is 0.178 bits per heavy atom. The number of benzene rings is 3. The van der Waals surface area contributed by atoms with Crippen LogP contribution in [0.2, 0.25) is 0 Å². The molecule has 522 valence electrons. The van der Waals surface area contributed by atoms with Crippen LogP contribution in [0, 0.1) is 0 Å². The number of hydrogen-bond acceptors (Lipinski definition) is 20. The average molecular weight is 1280 g/mol. The highest BCUT2D eigenvalue weighted by Gasteiger charge is 2.04. The first kappa shape index (κ1) is 83.9. The van der Waals surface area contributed by atoms with Crippen LogP contribution in [0.25, 0.3) is 0 Å². The van der Waals surface area contributed by atoms with E-state index in [1.54, 1.807) is 0 Å². The monoisotopic (exact) mass is 1280 g/mol. The summed E-state index contributed by atoms with van der Waals surface area (Å²) >= 11 is 0. The highest BCUT2D eigenvalue weighted by molar-refractivity contribution is 5.34. The lowest BCUT2D eigenvalue weighted by Crippen LogP contribution is -2.13. The van der Waals surface area contributed by atoms with Crippen molar-refractivity contribution in [1.29, 1.82) is 0 Å². The third kappa shape index (κ3) is 60.2. The molecule has 0 heterocycles. The van der Waals surface area contributed by atoms with Crippen LogP contribution in [-0.4, -0.2) is 225 Å². The van der Waals surface area contributed by atoms with Gasteiger partial charge in [-0.1, -0.05) is 97.3 Å². The second-order valence-corrected chi connectivity index (χ2v) is 20.1. The van der Waals surface area contributed by atoms with E-state index in [0.717, 1.165) is 99.4 Å². The Balaban J connectivity index is 0.000000685. The van der Waals surface area contributed by atoms with E-state index in [9.17, 15) is 0 Å². The molecule has 0 aliphatic heterocycles. The molecular weight excluding hydrogens is 1160 g/mol. The Morgan fingerprint density at radius 2 is 0.356 bits per heavy atom. The lowest BCUT2D eigenvalue weighted by molar-refractivity contribution is 0.00857. The van der Waals surface area contributed by atoms with Gasteiger partial charge in [0.05, 0.1) is 145 Å². The minimum Gasteiger partial charge on any atom is -0.491 e. The van der Waals surface area contributed by atoms with Crippen molar-refractivity contribution in [2.24, 2.45) is 0 Å². The van der Waals surface area contributed by atoms with E-state index in [1.807, 2.05) is 86.6 Å². The lowest BCUT2D eigenvalue weighted by Gasteiger charge is -2.11. The van der Waals surface area contributed by atoms with Gasteiger partial charge in [0.1, 0.15) is 74.1 Å². The Kier molecular flexibility index (Phi) is 66.0. The number of rotatable bonds is 66. The van der Waals surface area contributed by atoms with Crippen molar-refractivity contribution in [1.82, 2.24) is 0 Å². The first-order valence-corrected chi connectivity index (χ1v) is 33.7. The van der Waals surface area contributed by atoms with Crippen LogP contribution in [0.3, 0.4) is 0 Å². The van der Waals surface area contributed by atoms with E-state index in [4.69, 9.17) is 94.7 Å². The van der Waals surface area contributed by atoms with Crippen molar-refractivity contribution in [2.75, 3.05) is 225 Å². The summed E-state index contributed by atoms with van der Waals surface area (Å²) in [5, 5.41) is 0. The minimum absolute atomic E-state index is 0.469. The number of ether oxygens (including phenoxy) is 20. The molecule has 3 aromatic rings. The fourth-order valence-electron chi connectivity index (χ4n) is 7.48. The summed E-state index contributed by atoms with van der Waals surface area (Å²) in [5.41, 5.74) is 0. The predicted octanol–water partition coefficient (Wildman–Crippen LogP) is 12.4. The summed E-state index contributed by atoms with van der Waals surface area (Å²) in [6.45, 7) is 33.0. The molecule has 0 aliphatic carbocycles. The molecule has 3 rings (SSSR count). The lowest BCUT2D eigenvalue weighted by atomic mass is 10.2. The SMILES string of the molecule is CCCCCCOCCOCCOc1cccc(OCCOCCOCCCCCC)c1.CCCCOCCOCCOCCOc1cccc(OCCOCCOCCOCCCC)c1.CCOCCOCCOc1cccc(OCCOCCOCC)c1. The fourth-order valence-corrected chi connectivity index (χ4v) is 7.48. The molecule has 0 spiro atoms. The molecule has 0 aliphatic rings. The molecule has 90 heavy (non-hydrogen) atoms. The van der Waals surface area contributed by atoms with Crippen molar-refractivity contribution in [3.63, 3.8) is 0 Å². The molecule has 20 nitrogen and oxygen atoms in total. The zero-order chi connectivity index (χ0) is 64.6. The Morgan fingerprint density at radius 3 is 0.556 bits per heavy atom. The molecule has 0 bridgehead atoms. The first-order chi connectivity index (χ1) is 44.6. The van der Waals surface area contributed by atoms with Crippen LogP contribution in [0.4, 0.5) is 0 Å². The normalized spacial score (nSPS) is 11.0. The Bertz CT molecular complexity index is 1750. The molecular formula is C70H122O20. The van der Waals surface area contributed by atoms with Crippen molar-refractivity contribution < 1.29 is 94.7 Å². The van der Waals surface area contributed by atoms with E-state index in [0.29, 0.717) is 198 Å². The van der Waals surface area contributed by atoms with E-state index < -0.39 is 0 Å². The van der Waals surface area contributed by atoms with Gasteiger partial charge in [-0.3, -0.25) is 0 Å². The minimum atomic E-state index is 0.469. The molecule has 0 fully saturated rings. The van der Waals surface area contributed by atoms with E-state index in [1.165, 1.54) is 38.5 Å². The highest BCUT2D eigenvalue weighted by Crippen LogP contribution is 2.21. The largest absolute Gasteiger partial charge is 0.491 e. The van der Waals surface area contributed by atoms with Crippen LogP contribution in [0.1, 0.15) is 119 Å². The topological polar surface area (TPSA) is 185 Å². The molecule has 0 N–H and O–H groups in total. The molecule has 20 heteroatoms. The van der Waals surface area contributed by atoms with Gasteiger partial charge in [-0.25, -0.2) is 0 Å². The molecule has 0 amide bonds. The van der Waals surface area contributed by atoms with E-state index in [-0.39, 0.29) is 0 Å². The summed E-state index contributed by atoms with van der Waals surface area (Å²) in [4.78, 5) is 0. The summed E-state index contributed by atoms with van der Waals surface area (Å²) in [6, 6.07) is 22.8. The van der Waals surface area contributed by atoms with Crippen LogP contribution in [0.15, 0.2) is 72.8 Å². The molecule has 0 saturated carbocycles. The maximum absolute atomic E-state index is 5.73. The fraction of sp³-hybridized carbons (Fsp3) is 0.743. The maximum atomic E-state index is 5.73. The zero-order valence-electron chi connectivity index (χ0n) is 56.6. The zero-order valence-corrected chi connectivity index (χ0v) is 56.6. The van der Waals surface area contributed by atoms with Crippen LogP contribution < -0.4 is 28.4 Å². The van der Waals surface area contributed by atoms with Crippen LogP contribution in [-0.2, 0) is 66.3 Å². The van der Waals surface area contributed by atoms with E-state index in [2.05, 4.69) is 27.7 Å². The van der Waals surface area contributed by atoms with Crippen molar-refractivity contribution in [3.05, 3.63) is 72.8 Å². The summed E-state index contributed by atoms with van der Waals surface area (Å²) in [6.07, 6.45) is 14.3. The van der Waals surface area contributed by atoms with Crippen molar-refractivity contribution in [2.45, 2.75) is 119 Å². The summed E-state index contributed by atoms with van der Waals surface area (Å²) in [7, 11) is 0. The second kappa shape index (κ2) is 70.8. The standard InChI is InChI=1S/C26H46O8.C26H46O6.C18H30O6/c1-3-5-10-27-12-14-29-16-18-31-20-22-33-25-8-7-9-26(24-25)34-23-21-32-19-17-30-15-13-28-11-6-4-2;1-3-5-7-9-14-27-16-18-29-20-22-31-25-12-11-13-26(24-25)32-23-21-30-19-17-28-15-10-8-6-4-2;1-3-19-8-10-21-12-14-23-17-6-5-7-18(16-17)24-15-13-22-11-9-20-4-2/h7-9,24H,3-6,10-23H2,1-2H3;11-13,24H,3-10,14-23H2,1-2H3;5-7,16H,3-4,8-15H2,1-2H3. The van der Waals surface area contributed by atoms with Crippen LogP contribution in [0.5, 0.6) is 34.5 Å². The van der Waals surface area contributed by atoms with E-state index >= 15 is 0 Å². The third-order valence-corrected chi connectivity index (χ3v) is 12.3. The van der Waals surface area contributed by atoms with Crippen LogP contribution >= 0.6 is 0 Å². The molecule has 0 radical (unpaired) electrons. The van der Waals surface area contributed by atoms with Crippen molar-refractivity contribution >= 4 is 0 Å². The average Bonchev–Trinajstić information content (AvgIpc) is 3.68. The van der Waals surface area contributed by atoms with Gasteiger partial charge in [0, 0.05) is 57.8 Å². The molecule has 0 atom stereocenters. The van der Waals surface area contributed by atoms with Gasteiger partial charge in [-0.2, -0.15) is 0 Å². The van der Waals surface area contributed by atoms with Gasteiger partial charge in [-0.15, -0.1) is 0 Å². The molecule has 0 unspecified atom stereocenters.